The predicted molar refractivity (Wildman–Crippen MR) is 113 cm³/mol. The van der Waals surface area contributed by atoms with Crippen molar-refractivity contribution in [2.45, 2.75) is 25.9 Å². The Kier molecular flexibility index (Phi) is 7.31. The molecule has 0 amide bonds. The highest BCUT2D eigenvalue weighted by Crippen LogP contribution is 2.32. The van der Waals surface area contributed by atoms with Crippen LogP contribution in [-0.2, 0) is 6.42 Å². The summed E-state index contributed by atoms with van der Waals surface area (Å²) in [6.45, 7) is 4.88. The Labute approximate surface area is 167 Å². The SMILES string of the molecule is CC(=Cc1ccc(Cl)cc1)C(O)(Cc1ccc(Cl)cc1)C(C)CN(C)C. The number of halogens is 2. The van der Waals surface area contributed by atoms with Crippen molar-refractivity contribution in [1.29, 1.82) is 0 Å². The molecule has 26 heavy (non-hydrogen) atoms. The van der Waals surface area contributed by atoms with Crippen LogP contribution in [0.25, 0.3) is 6.08 Å². The summed E-state index contributed by atoms with van der Waals surface area (Å²) in [6, 6.07) is 15.3. The summed E-state index contributed by atoms with van der Waals surface area (Å²) in [5.74, 6) is 0.0525. The van der Waals surface area contributed by atoms with E-state index in [-0.39, 0.29) is 5.92 Å². The molecule has 2 unspecified atom stereocenters. The second-order valence-electron chi connectivity index (χ2n) is 7.27. The molecular weight excluding hydrogens is 365 g/mol. The number of hydrogen-bond donors (Lipinski definition) is 1. The van der Waals surface area contributed by atoms with E-state index in [1.165, 1.54) is 0 Å². The third-order valence-corrected chi connectivity index (χ3v) is 5.28. The lowest BCUT2D eigenvalue weighted by Crippen LogP contribution is -2.44. The van der Waals surface area contributed by atoms with Gasteiger partial charge in [0, 0.05) is 28.9 Å². The number of rotatable bonds is 7. The van der Waals surface area contributed by atoms with Crippen molar-refractivity contribution in [1.82, 2.24) is 4.90 Å². The second kappa shape index (κ2) is 9.05. The molecule has 0 spiro atoms. The predicted octanol–water partition coefficient (Wildman–Crippen LogP) is 5.57. The first-order valence-electron chi connectivity index (χ1n) is 8.76. The van der Waals surface area contributed by atoms with Crippen molar-refractivity contribution in [3.05, 3.63) is 75.3 Å². The van der Waals surface area contributed by atoms with Crippen molar-refractivity contribution in [2.75, 3.05) is 20.6 Å². The monoisotopic (exact) mass is 391 g/mol. The second-order valence-corrected chi connectivity index (χ2v) is 8.14. The van der Waals surface area contributed by atoms with Gasteiger partial charge in [-0.05, 0) is 62.0 Å². The molecule has 0 saturated heterocycles. The quantitative estimate of drug-likeness (QED) is 0.666. The number of nitrogens with zero attached hydrogens (tertiary/aromatic N) is 1. The van der Waals surface area contributed by atoms with Crippen LogP contribution in [0.1, 0.15) is 25.0 Å². The fourth-order valence-electron chi connectivity index (χ4n) is 3.25. The van der Waals surface area contributed by atoms with Gasteiger partial charge < -0.3 is 10.0 Å². The van der Waals surface area contributed by atoms with Gasteiger partial charge in [0.1, 0.15) is 0 Å². The number of hydrogen-bond acceptors (Lipinski definition) is 2. The summed E-state index contributed by atoms with van der Waals surface area (Å²) >= 11 is 12.0. The molecule has 2 nitrogen and oxygen atoms in total. The molecule has 2 aromatic rings. The van der Waals surface area contributed by atoms with Gasteiger partial charge in [-0.1, -0.05) is 60.5 Å². The highest BCUT2D eigenvalue weighted by atomic mass is 35.5. The van der Waals surface area contributed by atoms with Crippen LogP contribution in [0.15, 0.2) is 54.1 Å². The first-order valence-corrected chi connectivity index (χ1v) is 9.52. The minimum atomic E-state index is -0.961. The summed E-state index contributed by atoms with van der Waals surface area (Å²) in [7, 11) is 4.05. The molecule has 0 aliphatic heterocycles. The van der Waals surface area contributed by atoms with E-state index < -0.39 is 5.60 Å². The lowest BCUT2D eigenvalue weighted by molar-refractivity contribution is 0.0150. The summed E-state index contributed by atoms with van der Waals surface area (Å²) in [5, 5.41) is 13.1. The van der Waals surface area contributed by atoms with Gasteiger partial charge in [-0.3, -0.25) is 0 Å². The maximum atomic E-state index is 11.7. The molecule has 0 heterocycles. The van der Waals surface area contributed by atoms with Gasteiger partial charge in [0.15, 0.2) is 0 Å². The van der Waals surface area contributed by atoms with Crippen LogP contribution < -0.4 is 0 Å². The summed E-state index contributed by atoms with van der Waals surface area (Å²) < 4.78 is 0. The zero-order valence-corrected chi connectivity index (χ0v) is 17.3. The zero-order chi connectivity index (χ0) is 19.3. The minimum Gasteiger partial charge on any atom is -0.385 e. The molecule has 2 aromatic carbocycles. The lowest BCUT2D eigenvalue weighted by atomic mass is 9.77. The molecule has 1 N–H and O–H groups in total. The third-order valence-electron chi connectivity index (χ3n) is 4.78. The lowest BCUT2D eigenvalue weighted by Gasteiger charge is -2.37. The summed E-state index contributed by atoms with van der Waals surface area (Å²) in [5.41, 5.74) is 2.06. The van der Waals surface area contributed by atoms with Crippen LogP contribution in [0, 0.1) is 5.92 Å². The van der Waals surface area contributed by atoms with Crippen LogP contribution >= 0.6 is 23.2 Å². The molecule has 140 valence electrons. The van der Waals surface area contributed by atoms with Crippen LogP contribution in [0.3, 0.4) is 0 Å². The van der Waals surface area contributed by atoms with E-state index in [0.29, 0.717) is 16.5 Å². The molecular formula is C22H27Cl2NO. The highest BCUT2D eigenvalue weighted by molar-refractivity contribution is 6.30. The van der Waals surface area contributed by atoms with Gasteiger partial charge in [0.25, 0.3) is 0 Å². The Morgan fingerprint density at radius 3 is 2.04 bits per heavy atom. The number of aliphatic hydroxyl groups is 1. The van der Waals surface area contributed by atoms with Crippen LogP contribution in [0.2, 0.25) is 10.0 Å². The maximum Gasteiger partial charge on any atom is 0.0935 e. The average Bonchev–Trinajstić information content (AvgIpc) is 2.58. The first-order chi connectivity index (χ1) is 12.2. The summed E-state index contributed by atoms with van der Waals surface area (Å²) in [4.78, 5) is 2.10. The molecule has 4 heteroatoms. The van der Waals surface area contributed by atoms with Crippen molar-refractivity contribution in [3.8, 4) is 0 Å². The van der Waals surface area contributed by atoms with E-state index in [9.17, 15) is 5.11 Å². The Morgan fingerprint density at radius 2 is 1.54 bits per heavy atom. The van der Waals surface area contributed by atoms with E-state index in [1.807, 2.05) is 75.6 Å². The Morgan fingerprint density at radius 1 is 1.04 bits per heavy atom. The van der Waals surface area contributed by atoms with Gasteiger partial charge in [-0.15, -0.1) is 0 Å². The Balaban J connectivity index is 2.37. The molecule has 0 aromatic heterocycles. The molecule has 0 aliphatic rings. The minimum absolute atomic E-state index is 0.0525. The van der Waals surface area contributed by atoms with Gasteiger partial charge in [0.2, 0.25) is 0 Å². The Bertz CT molecular complexity index is 738. The van der Waals surface area contributed by atoms with E-state index in [0.717, 1.165) is 23.2 Å². The average molecular weight is 392 g/mol. The van der Waals surface area contributed by atoms with E-state index in [2.05, 4.69) is 11.8 Å². The first kappa shape index (κ1) is 21.0. The number of benzene rings is 2. The van der Waals surface area contributed by atoms with Crippen LogP contribution in [-0.4, -0.2) is 36.2 Å². The van der Waals surface area contributed by atoms with Crippen molar-refractivity contribution in [2.24, 2.45) is 5.92 Å². The Hall–Kier alpha value is -1.32. The standard InChI is InChI=1S/C22H27Cl2NO/c1-16(13-18-5-9-20(23)10-6-18)22(26,17(2)15-25(3)4)14-19-7-11-21(24)12-8-19/h5-13,17,26H,14-15H2,1-4H3. The molecule has 0 fully saturated rings. The molecule has 0 bridgehead atoms. The van der Waals surface area contributed by atoms with Crippen molar-refractivity contribution in [3.63, 3.8) is 0 Å². The normalized spacial score (nSPS) is 15.8. The van der Waals surface area contributed by atoms with Gasteiger partial charge in [-0.25, -0.2) is 0 Å². The van der Waals surface area contributed by atoms with E-state index >= 15 is 0 Å². The molecule has 2 atom stereocenters. The molecule has 0 radical (unpaired) electrons. The third kappa shape index (κ3) is 5.59. The molecule has 2 rings (SSSR count). The topological polar surface area (TPSA) is 23.5 Å². The molecule has 0 saturated carbocycles. The molecule has 0 aliphatic carbocycles. The van der Waals surface area contributed by atoms with Gasteiger partial charge >= 0.3 is 0 Å². The van der Waals surface area contributed by atoms with Crippen LogP contribution in [0.4, 0.5) is 0 Å². The van der Waals surface area contributed by atoms with Crippen molar-refractivity contribution >= 4 is 29.3 Å². The zero-order valence-electron chi connectivity index (χ0n) is 15.8. The largest absolute Gasteiger partial charge is 0.385 e. The smallest absolute Gasteiger partial charge is 0.0935 e. The highest BCUT2D eigenvalue weighted by Gasteiger charge is 2.36. The van der Waals surface area contributed by atoms with Gasteiger partial charge in [-0.2, -0.15) is 0 Å². The fourth-order valence-corrected chi connectivity index (χ4v) is 3.50. The van der Waals surface area contributed by atoms with Gasteiger partial charge in [0.05, 0.1) is 5.60 Å². The van der Waals surface area contributed by atoms with Crippen LogP contribution in [0.5, 0.6) is 0 Å². The van der Waals surface area contributed by atoms with Crippen molar-refractivity contribution < 1.29 is 5.11 Å². The fraction of sp³-hybridized carbons (Fsp3) is 0.364. The maximum absolute atomic E-state index is 11.7. The van der Waals surface area contributed by atoms with E-state index in [1.54, 1.807) is 0 Å². The van der Waals surface area contributed by atoms with E-state index in [4.69, 9.17) is 23.2 Å². The summed E-state index contributed by atoms with van der Waals surface area (Å²) in [6.07, 6.45) is 2.58.